The Hall–Kier alpha value is -3.50. The van der Waals surface area contributed by atoms with E-state index < -0.39 is 0 Å². The molecule has 7 heteroatoms. The molecule has 0 bridgehead atoms. The van der Waals surface area contributed by atoms with Gasteiger partial charge in [0.25, 0.3) is 5.91 Å². The molecular weight excluding hydrogens is 352 g/mol. The number of piperidine rings is 1. The van der Waals surface area contributed by atoms with Crippen LogP contribution in [-0.2, 0) is 0 Å². The fraction of sp³-hybridized carbons (Fsp3) is 0.238. The molecule has 1 amide bonds. The number of amides is 1. The van der Waals surface area contributed by atoms with Crippen molar-refractivity contribution in [1.82, 2.24) is 19.7 Å². The molecule has 1 fully saturated rings. The average Bonchev–Trinajstić information content (AvgIpc) is 3.19. The lowest BCUT2D eigenvalue weighted by Gasteiger charge is -2.30. The van der Waals surface area contributed by atoms with E-state index in [0.717, 1.165) is 24.1 Å². The van der Waals surface area contributed by atoms with Crippen LogP contribution in [0.2, 0.25) is 0 Å². The Labute approximate surface area is 163 Å². The van der Waals surface area contributed by atoms with E-state index >= 15 is 0 Å². The summed E-state index contributed by atoms with van der Waals surface area (Å²) in [4.78, 5) is 19.1. The van der Waals surface area contributed by atoms with Crippen LogP contribution in [-0.4, -0.2) is 44.7 Å². The first-order valence-corrected chi connectivity index (χ1v) is 9.22. The first kappa shape index (κ1) is 17.9. The Morgan fingerprint density at radius 2 is 2.04 bits per heavy atom. The van der Waals surface area contributed by atoms with E-state index in [1.165, 1.54) is 0 Å². The first-order chi connectivity index (χ1) is 13.7. The van der Waals surface area contributed by atoms with Crippen LogP contribution >= 0.6 is 0 Å². The molecule has 2 aromatic heterocycles. The standard InChI is InChI=1S/C21H20N6O/c22-13-15-6-8-16(9-7-15)19-12-18(21(28)26-11-3-4-17(23)14-26)25-27(19)20-5-1-2-10-24-20/h1-2,5-10,12,17H,3-4,11,14,23H2/t17-/m1/s1. The highest BCUT2D eigenvalue weighted by Gasteiger charge is 2.25. The Morgan fingerprint density at radius 1 is 1.21 bits per heavy atom. The van der Waals surface area contributed by atoms with Crippen molar-refractivity contribution < 1.29 is 4.79 Å². The van der Waals surface area contributed by atoms with Crippen molar-refractivity contribution >= 4 is 5.91 Å². The summed E-state index contributed by atoms with van der Waals surface area (Å²) in [5.74, 6) is 0.496. The lowest BCUT2D eigenvalue weighted by Crippen LogP contribution is -2.45. The van der Waals surface area contributed by atoms with Crippen molar-refractivity contribution in [3.63, 3.8) is 0 Å². The fourth-order valence-corrected chi connectivity index (χ4v) is 3.42. The largest absolute Gasteiger partial charge is 0.336 e. The number of aromatic nitrogens is 3. The summed E-state index contributed by atoms with van der Waals surface area (Å²) in [5.41, 5.74) is 8.56. The minimum atomic E-state index is -0.125. The third-order valence-electron chi connectivity index (χ3n) is 4.85. The molecule has 1 aliphatic rings. The van der Waals surface area contributed by atoms with E-state index in [1.54, 1.807) is 34.0 Å². The van der Waals surface area contributed by atoms with E-state index in [2.05, 4.69) is 16.2 Å². The molecule has 28 heavy (non-hydrogen) atoms. The molecule has 7 nitrogen and oxygen atoms in total. The van der Waals surface area contributed by atoms with Crippen LogP contribution in [0.25, 0.3) is 17.1 Å². The summed E-state index contributed by atoms with van der Waals surface area (Å²) in [6, 6.07) is 16.6. The van der Waals surface area contributed by atoms with Gasteiger partial charge in [-0.3, -0.25) is 4.79 Å². The SMILES string of the molecule is N#Cc1ccc(-c2cc(C(=O)N3CCC[C@@H](N)C3)nn2-c2ccccn2)cc1. The van der Waals surface area contributed by atoms with E-state index in [1.807, 2.05) is 30.3 Å². The third-order valence-corrected chi connectivity index (χ3v) is 4.85. The number of nitrogens with zero attached hydrogens (tertiary/aromatic N) is 5. The number of carbonyl (C=O) groups is 1. The smallest absolute Gasteiger partial charge is 0.274 e. The zero-order valence-corrected chi connectivity index (χ0v) is 15.3. The zero-order valence-electron chi connectivity index (χ0n) is 15.3. The highest BCUT2D eigenvalue weighted by Crippen LogP contribution is 2.25. The molecule has 2 N–H and O–H groups in total. The van der Waals surface area contributed by atoms with E-state index in [0.29, 0.717) is 30.2 Å². The van der Waals surface area contributed by atoms with Crippen LogP contribution < -0.4 is 5.73 Å². The second-order valence-electron chi connectivity index (χ2n) is 6.86. The van der Waals surface area contributed by atoms with E-state index in [4.69, 9.17) is 11.0 Å². The van der Waals surface area contributed by atoms with Crippen LogP contribution in [0.3, 0.4) is 0 Å². The number of nitriles is 1. The maximum Gasteiger partial charge on any atom is 0.274 e. The van der Waals surface area contributed by atoms with Gasteiger partial charge >= 0.3 is 0 Å². The predicted molar refractivity (Wildman–Crippen MR) is 105 cm³/mol. The van der Waals surface area contributed by atoms with Gasteiger partial charge in [0.1, 0.15) is 0 Å². The minimum absolute atomic E-state index is 0.00794. The molecule has 0 saturated carbocycles. The van der Waals surface area contributed by atoms with Gasteiger partial charge in [0.15, 0.2) is 11.5 Å². The monoisotopic (exact) mass is 372 g/mol. The zero-order chi connectivity index (χ0) is 19.5. The lowest BCUT2D eigenvalue weighted by atomic mass is 10.1. The maximum atomic E-state index is 13.0. The molecule has 0 unspecified atom stereocenters. The Balaban J connectivity index is 1.76. The van der Waals surface area contributed by atoms with Gasteiger partial charge in [0.2, 0.25) is 0 Å². The Kier molecular flexibility index (Phi) is 4.87. The molecule has 3 aromatic rings. The molecule has 1 aromatic carbocycles. The van der Waals surface area contributed by atoms with Crippen LogP contribution in [0, 0.1) is 11.3 Å². The number of carbonyl (C=O) groups excluding carboxylic acids is 1. The number of pyridine rings is 1. The fourth-order valence-electron chi connectivity index (χ4n) is 3.42. The van der Waals surface area contributed by atoms with Crippen LogP contribution in [0.4, 0.5) is 0 Å². The van der Waals surface area contributed by atoms with Crippen LogP contribution in [0.5, 0.6) is 0 Å². The van der Waals surface area contributed by atoms with Gasteiger partial charge in [-0.25, -0.2) is 9.67 Å². The number of hydrogen-bond donors (Lipinski definition) is 1. The molecule has 0 aliphatic carbocycles. The summed E-state index contributed by atoms with van der Waals surface area (Å²) in [6.07, 6.45) is 3.52. The number of likely N-dealkylation sites (tertiary alicyclic amines) is 1. The molecule has 140 valence electrons. The number of hydrogen-bond acceptors (Lipinski definition) is 5. The van der Waals surface area contributed by atoms with Crippen LogP contribution in [0.15, 0.2) is 54.7 Å². The van der Waals surface area contributed by atoms with Crippen LogP contribution in [0.1, 0.15) is 28.9 Å². The van der Waals surface area contributed by atoms with Gasteiger partial charge in [-0.2, -0.15) is 10.4 Å². The van der Waals surface area contributed by atoms with Crippen molar-refractivity contribution in [3.8, 4) is 23.1 Å². The van der Waals surface area contributed by atoms with Crippen molar-refractivity contribution in [2.45, 2.75) is 18.9 Å². The number of rotatable bonds is 3. The maximum absolute atomic E-state index is 13.0. The van der Waals surface area contributed by atoms with Gasteiger partial charge in [-0.1, -0.05) is 18.2 Å². The summed E-state index contributed by atoms with van der Waals surface area (Å²) in [6.45, 7) is 1.23. The molecule has 1 saturated heterocycles. The second kappa shape index (κ2) is 7.62. The summed E-state index contributed by atoms with van der Waals surface area (Å²) in [5, 5.41) is 13.6. The highest BCUT2D eigenvalue weighted by molar-refractivity contribution is 5.93. The van der Waals surface area contributed by atoms with Gasteiger partial charge in [0.05, 0.1) is 17.3 Å². The van der Waals surface area contributed by atoms with Crippen molar-refractivity contribution in [2.24, 2.45) is 5.73 Å². The lowest BCUT2D eigenvalue weighted by molar-refractivity contribution is 0.0702. The average molecular weight is 372 g/mol. The molecule has 1 atom stereocenters. The summed E-state index contributed by atoms with van der Waals surface area (Å²) < 4.78 is 1.67. The topological polar surface area (TPSA) is 101 Å². The van der Waals surface area contributed by atoms with Crippen molar-refractivity contribution in [2.75, 3.05) is 13.1 Å². The summed E-state index contributed by atoms with van der Waals surface area (Å²) in [7, 11) is 0. The summed E-state index contributed by atoms with van der Waals surface area (Å²) >= 11 is 0. The quantitative estimate of drug-likeness (QED) is 0.761. The van der Waals surface area contributed by atoms with E-state index in [-0.39, 0.29) is 11.9 Å². The molecular formula is C21H20N6O. The second-order valence-corrected chi connectivity index (χ2v) is 6.86. The molecule has 0 radical (unpaired) electrons. The van der Waals surface area contributed by atoms with Gasteiger partial charge < -0.3 is 10.6 Å². The third kappa shape index (κ3) is 3.50. The van der Waals surface area contributed by atoms with Crippen molar-refractivity contribution in [3.05, 3.63) is 66.0 Å². The number of benzene rings is 1. The molecule has 4 rings (SSSR count). The molecule has 3 heterocycles. The van der Waals surface area contributed by atoms with Gasteiger partial charge in [-0.15, -0.1) is 0 Å². The molecule has 1 aliphatic heterocycles. The van der Waals surface area contributed by atoms with Crippen molar-refractivity contribution in [1.29, 1.82) is 5.26 Å². The van der Waals surface area contributed by atoms with Gasteiger partial charge in [0, 0.05) is 30.9 Å². The normalized spacial score (nSPS) is 16.6. The molecule has 0 spiro atoms. The number of nitrogens with two attached hydrogens (primary N) is 1. The van der Waals surface area contributed by atoms with E-state index in [9.17, 15) is 4.79 Å². The minimum Gasteiger partial charge on any atom is -0.336 e. The Morgan fingerprint density at radius 3 is 2.71 bits per heavy atom. The predicted octanol–water partition coefficient (Wildman–Crippen LogP) is 2.37. The highest BCUT2D eigenvalue weighted by atomic mass is 16.2. The first-order valence-electron chi connectivity index (χ1n) is 9.22. The van der Waals surface area contributed by atoms with Gasteiger partial charge in [-0.05, 0) is 43.2 Å². The Bertz CT molecular complexity index is 1020.